The molecule has 0 saturated heterocycles. The number of nitrogens with zero attached hydrogens (tertiary/aromatic N) is 1. The minimum absolute atomic E-state index is 0.0377. The molecular formula is C30H27F3N2O6. The number of pyridine rings is 1. The van der Waals surface area contributed by atoms with Gasteiger partial charge in [0.2, 0.25) is 0 Å². The van der Waals surface area contributed by atoms with E-state index in [1.54, 1.807) is 18.2 Å². The van der Waals surface area contributed by atoms with Crippen LogP contribution in [0, 0.1) is 0 Å². The minimum Gasteiger partial charge on any atom is -0.508 e. The molecule has 0 bridgehead atoms. The molecule has 8 nitrogen and oxygen atoms in total. The number of carbonyl (C=O) groups is 2. The Morgan fingerprint density at radius 1 is 1.00 bits per heavy atom. The number of aromatic nitrogens is 1. The summed E-state index contributed by atoms with van der Waals surface area (Å²) in [5, 5.41) is 21.7. The summed E-state index contributed by atoms with van der Waals surface area (Å²) in [7, 11) is 1.49. The molecule has 0 aliphatic heterocycles. The van der Waals surface area contributed by atoms with Crippen LogP contribution < -0.4 is 5.32 Å². The standard InChI is InChI=1S/C30H27F3N2O6/c1-40-17-22(13-18-5-8-23(37)9-6-18)34-28(38)27-16-25(29(39)41-12-11-36)24-15-20(7-10-26(24)35-27)19-3-2-4-21(14-19)30(31,32)33/h2-10,14-16,22,36-37H,11-13,17H2,1H3,(H,34,38)/t22-/m0/s1. The van der Waals surface area contributed by atoms with Gasteiger partial charge in [-0.05, 0) is 65.6 Å². The lowest BCUT2D eigenvalue weighted by Crippen LogP contribution is -2.40. The SMILES string of the molecule is COC[C@H](Cc1ccc(O)cc1)NC(=O)c1cc(C(=O)OCCO)c2cc(-c3cccc(C(F)(F)F)c3)ccc2n1. The van der Waals surface area contributed by atoms with E-state index in [1.807, 2.05) is 0 Å². The fourth-order valence-corrected chi connectivity index (χ4v) is 4.31. The topological polar surface area (TPSA) is 118 Å². The van der Waals surface area contributed by atoms with Crippen molar-refractivity contribution in [2.45, 2.75) is 18.6 Å². The van der Waals surface area contributed by atoms with Gasteiger partial charge in [-0.2, -0.15) is 13.2 Å². The van der Waals surface area contributed by atoms with Crippen LogP contribution in [0.4, 0.5) is 13.2 Å². The molecule has 0 unspecified atom stereocenters. The maximum absolute atomic E-state index is 13.3. The van der Waals surface area contributed by atoms with Crippen molar-refractivity contribution in [1.29, 1.82) is 0 Å². The summed E-state index contributed by atoms with van der Waals surface area (Å²) >= 11 is 0. The highest BCUT2D eigenvalue weighted by atomic mass is 19.4. The molecule has 11 heteroatoms. The first-order chi connectivity index (χ1) is 19.6. The molecule has 1 amide bonds. The zero-order valence-electron chi connectivity index (χ0n) is 21.9. The molecule has 4 rings (SSSR count). The molecule has 0 spiro atoms. The van der Waals surface area contributed by atoms with Crippen LogP contribution in [0.25, 0.3) is 22.0 Å². The predicted molar refractivity (Wildman–Crippen MR) is 144 cm³/mol. The molecule has 0 aliphatic rings. The summed E-state index contributed by atoms with van der Waals surface area (Å²) in [4.78, 5) is 30.6. The zero-order chi connectivity index (χ0) is 29.6. The number of carbonyl (C=O) groups excluding carboxylic acids is 2. The number of ether oxygens (including phenoxy) is 2. The van der Waals surface area contributed by atoms with Crippen molar-refractivity contribution < 1.29 is 42.4 Å². The first-order valence-electron chi connectivity index (χ1n) is 12.6. The molecule has 3 N–H and O–H groups in total. The third-order valence-electron chi connectivity index (χ3n) is 6.23. The number of esters is 1. The molecule has 3 aromatic carbocycles. The molecule has 1 atom stereocenters. The average Bonchev–Trinajstić information content (AvgIpc) is 2.96. The van der Waals surface area contributed by atoms with Crippen LogP contribution in [0.3, 0.4) is 0 Å². The van der Waals surface area contributed by atoms with Gasteiger partial charge in [0, 0.05) is 12.5 Å². The third kappa shape index (κ3) is 7.38. The molecule has 0 radical (unpaired) electrons. The molecular weight excluding hydrogens is 541 g/mol. The molecule has 41 heavy (non-hydrogen) atoms. The number of phenols is 1. The molecule has 0 saturated carbocycles. The van der Waals surface area contributed by atoms with Gasteiger partial charge in [0.15, 0.2) is 0 Å². The normalized spacial score (nSPS) is 12.2. The first-order valence-corrected chi connectivity index (χ1v) is 12.6. The van der Waals surface area contributed by atoms with Gasteiger partial charge in [-0.15, -0.1) is 0 Å². The predicted octanol–water partition coefficient (Wildman–Crippen LogP) is 4.76. The Kier molecular flexibility index (Phi) is 9.21. The maximum Gasteiger partial charge on any atom is 0.416 e. The van der Waals surface area contributed by atoms with E-state index in [4.69, 9.17) is 14.6 Å². The summed E-state index contributed by atoms with van der Waals surface area (Å²) in [6, 6.07) is 16.6. The minimum atomic E-state index is -4.53. The zero-order valence-corrected chi connectivity index (χ0v) is 21.9. The molecule has 214 valence electrons. The van der Waals surface area contributed by atoms with Gasteiger partial charge < -0.3 is 25.0 Å². The van der Waals surface area contributed by atoms with E-state index >= 15 is 0 Å². The van der Waals surface area contributed by atoms with Crippen molar-refractivity contribution in [3.05, 3.63) is 95.2 Å². The van der Waals surface area contributed by atoms with Crippen LogP contribution in [0.2, 0.25) is 0 Å². The smallest absolute Gasteiger partial charge is 0.416 e. The van der Waals surface area contributed by atoms with E-state index in [9.17, 15) is 27.9 Å². The van der Waals surface area contributed by atoms with E-state index < -0.39 is 36.3 Å². The lowest BCUT2D eigenvalue weighted by atomic mass is 9.98. The Balaban J connectivity index is 1.70. The number of aliphatic hydroxyl groups is 1. The van der Waals surface area contributed by atoms with Crippen LogP contribution in [0.1, 0.15) is 32.0 Å². The van der Waals surface area contributed by atoms with Crippen LogP contribution in [-0.4, -0.2) is 60.0 Å². The van der Waals surface area contributed by atoms with Crippen molar-refractivity contribution in [2.24, 2.45) is 0 Å². The number of aromatic hydroxyl groups is 1. The number of hydrogen-bond acceptors (Lipinski definition) is 7. The fraction of sp³-hybridized carbons (Fsp3) is 0.233. The molecule has 1 heterocycles. The number of fused-ring (bicyclic) bond motifs is 1. The van der Waals surface area contributed by atoms with Crippen LogP contribution in [0.5, 0.6) is 5.75 Å². The highest BCUT2D eigenvalue weighted by Crippen LogP contribution is 2.33. The van der Waals surface area contributed by atoms with Gasteiger partial charge in [-0.1, -0.05) is 30.3 Å². The van der Waals surface area contributed by atoms with Gasteiger partial charge in [0.1, 0.15) is 18.1 Å². The van der Waals surface area contributed by atoms with E-state index in [1.165, 1.54) is 49.6 Å². The highest BCUT2D eigenvalue weighted by Gasteiger charge is 2.30. The molecule has 4 aromatic rings. The molecule has 1 aromatic heterocycles. The van der Waals surface area contributed by atoms with Gasteiger partial charge in [-0.3, -0.25) is 4.79 Å². The second-order valence-electron chi connectivity index (χ2n) is 9.22. The van der Waals surface area contributed by atoms with Gasteiger partial charge in [0.25, 0.3) is 5.91 Å². The Labute approximate surface area is 233 Å². The van der Waals surface area contributed by atoms with Gasteiger partial charge in [0.05, 0.1) is 35.9 Å². The van der Waals surface area contributed by atoms with Crippen molar-refractivity contribution in [1.82, 2.24) is 10.3 Å². The summed E-state index contributed by atoms with van der Waals surface area (Å²) in [5.74, 6) is -1.32. The Morgan fingerprint density at radius 2 is 1.73 bits per heavy atom. The highest BCUT2D eigenvalue weighted by molar-refractivity contribution is 6.07. The van der Waals surface area contributed by atoms with Crippen molar-refractivity contribution in [3.8, 4) is 16.9 Å². The van der Waals surface area contributed by atoms with Crippen LogP contribution in [-0.2, 0) is 22.1 Å². The molecule has 0 aliphatic carbocycles. The summed E-state index contributed by atoms with van der Waals surface area (Å²) in [6.45, 7) is -0.542. The fourth-order valence-electron chi connectivity index (χ4n) is 4.31. The van der Waals surface area contributed by atoms with E-state index in [-0.39, 0.29) is 46.7 Å². The van der Waals surface area contributed by atoms with Crippen LogP contribution >= 0.6 is 0 Å². The number of halogens is 3. The lowest BCUT2D eigenvalue weighted by Gasteiger charge is -2.18. The number of amides is 1. The Hall–Kier alpha value is -4.48. The molecule has 0 fully saturated rings. The van der Waals surface area contributed by atoms with Gasteiger partial charge in [-0.25, -0.2) is 9.78 Å². The number of nitrogens with one attached hydrogen (secondary N) is 1. The maximum atomic E-state index is 13.3. The Bertz CT molecular complexity index is 1540. The van der Waals surface area contributed by atoms with Crippen LogP contribution in [0.15, 0.2) is 72.8 Å². The van der Waals surface area contributed by atoms with E-state index in [2.05, 4.69) is 10.3 Å². The largest absolute Gasteiger partial charge is 0.508 e. The quantitative estimate of drug-likeness (QED) is 0.236. The Morgan fingerprint density at radius 3 is 2.41 bits per heavy atom. The van der Waals surface area contributed by atoms with Crippen molar-refractivity contribution in [2.75, 3.05) is 26.9 Å². The van der Waals surface area contributed by atoms with Crippen molar-refractivity contribution >= 4 is 22.8 Å². The summed E-state index contributed by atoms with van der Waals surface area (Å²) < 4.78 is 50.2. The lowest BCUT2D eigenvalue weighted by molar-refractivity contribution is -0.137. The second kappa shape index (κ2) is 12.8. The number of methoxy groups -OCH3 is 1. The van der Waals surface area contributed by atoms with Gasteiger partial charge >= 0.3 is 12.1 Å². The number of phenolic OH excluding ortho intramolecular Hbond substituents is 1. The number of hydrogen-bond donors (Lipinski definition) is 3. The van der Waals surface area contributed by atoms with E-state index in [0.29, 0.717) is 12.0 Å². The first kappa shape index (κ1) is 29.5. The number of rotatable bonds is 10. The number of benzene rings is 3. The number of alkyl halides is 3. The third-order valence-corrected chi connectivity index (χ3v) is 6.23. The second-order valence-corrected chi connectivity index (χ2v) is 9.22. The summed E-state index contributed by atoms with van der Waals surface area (Å²) in [5.41, 5.74) is 0.804. The van der Waals surface area contributed by atoms with E-state index in [0.717, 1.165) is 17.7 Å². The summed E-state index contributed by atoms with van der Waals surface area (Å²) in [6.07, 6.45) is -4.14. The average molecular weight is 569 g/mol. The monoisotopic (exact) mass is 568 g/mol. The van der Waals surface area contributed by atoms with Crippen molar-refractivity contribution in [3.63, 3.8) is 0 Å². The number of aliphatic hydroxyl groups excluding tert-OH is 1.